The average molecular weight is 771 g/mol. The Morgan fingerprint density at radius 2 is 1.22 bits per heavy atom. The molecular weight excluding hydrogens is 708 g/mol. The molecule has 0 aliphatic rings. The monoisotopic (exact) mass is 770 g/mol. The van der Waals surface area contributed by atoms with E-state index in [0.29, 0.717) is 12.0 Å². The van der Waals surface area contributed by atoms with E-state index in [2.05, 4.69) is 31.6 Å². The van der Waals surface area contributed by atoms with Gasteiger partial charge in [0.15, 0.2) is 0 Å². The van der Waals surface area contributed by atoms with Gasteiger partial charge in [0, 0.05) is 29.9 Å². The van der Waals surface area contributed by atoms with Crippen LogP contribution in [0, 0.1) is 23.7 Å². The summed E-state index contributed by atoms with van der Waals surface area (Å²) in [7, 11) is 0. The summed E-state index contributed by atoms with van der Waals surface area (Å²) in [5.41, 5.74) is 12.8. The predicted octanol–water partition coefficient (Wildman–Crippen LogP) is 1.61. The quantitative estimate of drug-likeness (QED) is 0.0794. The van der Waals surface area contributed by atoms with Gasteiger partial charge in [-0.2, -0.15) is 0 Å². The normalized spacial score (nSPS) is 15.3. The molecule has 6 amide bonds. The van der Waals surface area contributed by atoms with Crippen LogP contribution in [0.2, 0.25) is 0 Å². The molecule has 7 atom stereocenters. The van der Waals surface area contributed by atoms with Crippen LogP contribution in [-0.2, 0) is 40.0 Å². The highest BCUT2D eigenvalue weighted by Gasteiger charge is 2.35. The van der Waals surface area contributed by atoms with E-state index in [1.54, 1.807) is 20.0 Å². The van der Waals surface area contributed by atoms with Crippen molar-refractivity contribution in [3.8, 4) is 0 Å². The standard InChI is InChI=1S/C39H62N8O8/c1-9-23(8)32(41)37(52)47-33(22(6)7)38(53)46-29(17-21(4)5)35(50)45-30(18-24-19-42-26-13-11-10-12-25(24)26)36(51)44-28(16-20(2)3)34(49)43-27(39(54)55)14-15-31(40)48/h10-13,19-23,27-30,32-33,42H,9,14-18,41H2,1-8H3,(H2,40,48)(H,43,49)(H,44,51)(H,45,50)(H,46,53)(H,47,52)(H,54,55)/t23-,27-,28-,29-,30-,32-,33-/m0/s1. The van der Waals surface area contributed by atoms with E-state index in [9.17, 15) is 38.7 Å². The van der Waals surface area contributed by atoms with Crippen LogP contribution in [0.15, 0.2) is 30.5 Å². The Labute approximate surface area is 323 Å². The summed E-state index contributed by atoms with van der Waals surface area (Å²) in [5.74, 6) is -5.99. The summed E-state index contributed by atoms with van der Waals surface area (Å²) in [5, 5.41) is 23.9. The average Bonchev–Trinajstić information content (AvgIpc) is 3.52. The number of aliphatic carboxylic acids is 1. The summed E-state index contributed by atoms with van der Waals surface area (Å²) < 4.78 is 0. The van der Waals surface area contributed by atoms with Gasteiger partial charge in [-0.15, -0.1) is 0 Å². The minimum Gasteiger partial charge on any atom is -0.480 e. The smallest absolute Gasteiger partial charge is 0.326 e. The fourth-order valence-corrected chi connectivity index (χ4v) is 6.05. The Bertz CT molecular complexity index is 1640. The highest BCUT2D eigenvalue weighted by Crippen LogP contribution is 2.20. The number of H-pyrrole nitrogens is 1. The number of carbonyl (C=O) groups is 7. The van der Waals surface area contributed by atoms with Gasteiger partial charge in [-0.25, -0.2) is 4.79 Å². The predicted molar refractivity (Wildman–Crippen MR) is 209 cm³/mol. The fraction of sp³-hybridized carbons (Fsp3) is 0.615. The van der Waals surface area contributed by atoms with Gasteiger partial charge in [-0.3, -0.25) is 28.8 Å². The van der Waals surface area contributed by atoms with E-state index in [0.717, 1.165) is 10.9 Å². The molecule has 0 aliphatic heterocycles. The number of hydrogen-bond acceptors (Lipinski definition) is 8. The second kappa shape index (κ2) is 21.8. The molecule has 0 unspecified atom stereocenters. The van der Waals surface area contributed by atoms with Crippen molar-refractivity contribution in [1.82, 2.24) is 31.6 Å². The van der Waals surface area contributed by atoms with Gasteiger partial charge in [-0.05, 0) is 54.6 Å². The first kappa shape index (κ1) is 46.2. The van der Waals surface area contributed by atoms with Crippen LogP contribution in [0.25, 0.3) is 10.9 Å². The molecule has 0 fully saturated rings. The molecule has 0 saturated heterocycles. The van der Waals surface area contributed by atoms with Gasteiger partial charge in [-0.1, -0.05) is 80.0 Å². The number of amides is 6. The summed E-state index contributed by atoms with van der Waals surface area (Å²) in [6.45, 7) is 14.7. The molecule has 1 aromatic carbocycles. The Balaban J connectivity index is 2.44. The number of benzene rings is 1. The van der Waals surface area contributed by atoms with Crippen LogP contribution in [-0.4, -0.2) is 87.8 Å². The molecule has 16 nitrogen and oxygen atoms in total. The number of fused-ring (bicyclic) bond motifs is 1. The lowest BCUT2D eigenvalue weighted by atomic mass is 9.96. The zero-order valence-corrected chi connectivity index (χ0v) is 33.4. The SMILES string of the molecule is CC[C@H](C)[C@H](N)C(=O)N[C@H](C(=O)N[C@@H](CC(C)C)C(=O)N[C@@H](Cc1c[nH]c2ccccc12)C(=O)N[C@@H](CC(C)C)C(=O)N[C@@H](CCC(N)=O)C(=O)O)C(C)C. The zero-order valence-electron chi connectivity index (χ0n) is 33.4. The number of aromatic nitrogens is 1. The molecule has 0 saturated carbocycles. The maximum absolute atomic E-state index is 14.2. The van der Waals surface area contributed by atoms with E-state index in [4.69, 9.17) is 11.5 Å². The van der Waals surface area contributed by atoms with Crippen LogP contribution >= 0.6 is 0 Å². The molecule has 0 spiro atoms. The topological polar surface area (TPSA) is 268 Å². The summed E-state index contributed by atoms with van der Waals surface area (Å²) in [6.07, 6.45) is 2.19. The second-order valence-electron chi connectivity index (χ2n) is 15.6. The van der Waals surface area contributed by atoms with Crippen molar-refractivity contribution in [3.63, 3.8) is 0 Å². The summed E-state index contributed by atoms with van der Waals surface area (Å²) in [4.78, 5) is 94.8. The number of hydrogen-bond donors (Lipinski definition) is 9. The van der Waals surface area contributed by atoms with E-state index >= 15 is 0 Å². The lowest BCUT2D eigenvalue weighted by Gasteiger charge is -2.29. The van der Waals surface area contributed by atoms with Crippen LogP contribution in [0.5, 0.6) is 0 Å². The van der Waals surface area contributed by atoms with Crippen molar-refractivity contribution in [3.05, 3.63) is 36.0 Å². The van der Waals surface area contributed by atoms with Crippen LogP contribution in [0.3, 0.4) is 0 Å². The molecule has 0 bridgehead atoms. The Morgan fingerprint density at radius 3 is 1.73 bits per heavy atom. The van der Waals surface area contributed by atoms with Crippen molar-refractivity contribution in [2.24, 2.45) is 35.1 Å². The maximum Gasteiger partial charge on any atom is 0.326 e. The minimum absolute atomic E-state index is 0.00547. The Morgan fingerprint density at radius 1 is 0.709 bits per heavy atom. The van der Waals surface area contributed by atoms with Gasteiger partial charge in [0.2, 0.25) is 35.4 Å². The molecule has 0 aliphatic carbocycles. The van der Waals surface area contributed by atoms with Crippen molar-refractivity contribution in [1.29, 1.82) is 0 Å². The highest BCUT2D eigenvalue weighted by molar-refractivity contribution is 5.97. The van der Waals surface area contributed by atoms with Gasteiger partial charge >= 0.3 is 5.97 Å². The van der Waals surface area contributed by atoms with E-state index < -0.39 is 77.7 Å². The molecule has 306 valence electrons. The van der Waals surface area contributed by atoms with Crippen molar-refractivity contribution < 1.29 is 38.7 Å². The van der Waals surface area contributed by atoms with Crippen molar-refractivity contribution >= 4 is 52.3 Å². The molecule has 11 N–H and O–H groups in total. The van der Waals surface area contributed by atoms with Crippen molar-refractivity contribution in [2.75, 3.05) is 0 Å². The molecule has 2 rings (SSSR count). The third kappa shape index (κ3) is 14.6. The number of primary amides is 1. The Hall–Kier alpha value is -4.99. The number of carbonyl (C=O) groups excluding carboxylic acids is 6. The molecule has 16 heteroatoms. The van der Waals surface area contributed by atoms with Crippen LogP contribution in [0.4, 0.5) is 0 Å². The fourth-order valence-electron chi connectivity index (χ4n) is 6.05. The number of nitrogens with one attached hydrogen (secondary N) is 6. The lowest BCUT2D eigenvalue weighted by Crippen LogP contribution is -2.60. The number of rotatable bonds is 23. The van der Waals surface area contributed by atoms with Crippen molar-refractivity contribution in [2.45, 2.75) is 130 Å². The maximum atomic E-state index is 14.2. The number of aromatic amines is 1. The minimum atomic E-state index is -1.43. The molecular formula is C39H62N8O8. The van der Waals surface area contributed by atoms with Crippen LogP contribution < -0.4 is 38.1 Å². The molecule has 1 heterocycles. The first-order valence-electron chi connectivity index (χ1n) is 19.1. The lowest BCUT2D eigenvalue weighted by molar-refractivity contribution is -0.142. The molecule has 55 heavy (non-hydrogen) atoms. The Kier molecular flexibility index (Phi) is 18.3. The van der Waals surface area contributed by atoms with E-state index in [1.807, 2.05) is 65.8 Å². The number of carboxylic acids is 1. The third-order valence-electron chi connectivity index (χ3n) is 9.51. The molecule has 1 aromatic heterocycles. The van der Waals surface area contributed by atoms with Crippen LogP contribution in [0.1, 0.15) is 93.1 Å². The second-order valence-corrected chi connectivity index (χ2v) is 15.6. The number of nitrogens with two attached hydrogens (primary N) is 2. The van der Waals surface area contributed by atoms with Gasteiger partial charge in [0.05, 0.1) is 6.04 Å². The summed E-state index contributed by atoms with van der Waals surface area (Å²) >= 11 is 0. The number of para-hydroxylation sites is 1. The number of carboxylic acid groups (broad SMARTS) is 1. The van der Waals surface area contributed by atoms with Gasteiger partial charge in [0.1, 0.15) is 30.2 Å². The molecule has 0 radical (unpaired) electrons. The first-order chi connectivity index (χ1) is 25.7. The zero-order chi connectivity index (χ0) is 41.6. The van der Waals surface area contributed by atoms with E-state index in [1.165, 1.54) is 0 Å². The molecule has 2 aromatic rings. The van der Waals surface area contributed by atoms with E-state index in [-0.39, 0.29) is 55.8 Å². The third-order valence-corrected chi connectivity index (χ3v) is 9.51. The van der Waals surface area contributed by atoms with Gasteiger partial charge < -0.3 is 48.1 Å². The highest BCUT2D eigenvalue weighted by atomic mass is 16.4. The summed E-state index contributed by atoms with van der Waals surface area (Å²) in [6, 6.07) is 0.591. The van der Waals surface area contributed by atoms with Gasteiger partial charge in [0.25, 0.3) is 0 Å². The largest absolute Gasteiger partial charge is 0.480 e. The first-order valence-corrected chi connectivity index (χ1v) is 19.1.